The number of nitrogens with zero attached hydrogens (tertiary/aromatic N) is 1. The molecular weight excluding hydrogens is 406 g/mol. The second-order valence-corrected chi connectivity index (χ2v) is 9.82. The van der Waals surface area contributed by atoms with E-state index in [9.17, 15) is 14.7 Å². The Bertz CT molecular complexity index is 935. The van der Waals surface area contributed by atoms with E-state index in [1.165, 1.54) is 33.1 Å². The van der Waals surface area contributed by atoms with E-state index >= 15 is 0 Å². The molecule has 0 radical (unpaired) electrons. The molecule has 1 aliphatic heterocycles. The molecule has 0 amide bonds. The molecular formula is C26H35NO5. The fourth-order valence-electron chi connectivity index (χ4n) is 6.16. The van der Waals surface area contributed by atoms with Crippen molar-refractivity contribution in [3.8, 4) is 11.5 Å². The van der Waals surface area contributed by atoms with Crippen molar-refractivity contribution in [2.24, 2.45) is 11.8 Å². The van der Waals surface area contributed by atoms with Gasteiger partial charge in [-0.05, 0) is 81.2 Å². The van der Waals surface area contributed by atoms with Crippen LogP contribution in [-0.4, -0.2) is 55.1 Å². The van der Waals surface area contributed by atoms with Crippen LogP contribution in [-0.2, 0) is 19.7 Å². The van der Waals surface area contributed by atoms with E-state index in [0.29, 0.717) is 24.6 Å². The molecule has 6 heteroatoms. The number of esters is 1. The fraction of sp³-hybridized carbons (Fsp3) is 0.615. The Morgan fingerprint density at radius 1 is 1.31 bits per heavy atom. The monoisotopic (exact) mass is 441 g/mol. The van der Waals surface area contributed by atoms with E-state index < -0.39 is 11.4 Å². The standard InChI is InChI=1S/C26H35NO5/c1-16-19(7-10-23(29)32-4)13-22(31-3)25(30)24(16)26-11-12-27(15-18-5-6-18)17(2)21(26)9-8-20(28)14-26/h7,10,13,17-18,21,30H,5-6,8-9,11-12,14-15H2,1-4H3/b10-7+/t17?,21?,26-/m1/s1. The van der Waals surface area contributed by atoms with Gasteiger partial charge in [-0.15, -0.1) is 0 Å². The molecule has 2 unspecified atom stereocenters. The van der Waals surface area contributed by atoms with Crippen LogP contribution in [0, 0.1) is 18.8 Å². The van der Waals surface area contributed by atoms with E-state index in [0.717, 1.165) is 48.5 Å². The molecule has 3 fully saturated rings. The van der Waals surface area contributed by atoms with Crippen molar-refractivity contribution in [2.75, 3.05) is 27.3 Å². The summed E-state index contributed by atoms with van der Waals surface area (Å²) in [5.74, 6) is 1.41. The lowest BCUT2D eigenvalue weighted by molar-refractivity contribution is -0.134. The third kappa shape index (κ3) is 4.05. The number of ketones is 1. The van der Waals surface area contributed by atoms with Crippen LogP contribution in [0.25, 0.3) is 6.08 Å². The van der Waals surface area contributed by atoms with Gasteiger partial charge >= 0.3 is 5.97 Å². The molecule has 1 N–H and O–H groups in total. The number of aromatic hydroxyl groups is 1. The van der Waals surface area contributed by atoms with Crippen LogP contribution in [0.4, 0.5) is 0 Å². The van der Waals surface area contributed by atoms with Crippen LogP contribution in [0.3, 0.4) is 0 Å². The summed E-state index contributed by atoms with van der Waals surface area (Å²) in [7, 11) is 2.88. The van der Waals surface area contributed by atoms with Gasteiger partial charge in [0.2, 0.25) is 0 Å². The van der Waals surface area contributed by atoms with E-state index in [1.807, 2.05) is 6.92 Å². The van der Waals surface area contributed by atoms with Crippen molar-refractivity contribution in [3.63, 3.8) is 0 Å². The lowest BCUT2D eigenvalue weighted by Gasteiger charge is -2.55. The molecule has 2 aliphatic carbocycles. The van der Waals surface area contributed by atoms with Gasteiger partial charge in [0.25, 0.3) is 0 Å². The van der Waals surface area contributed by atoms with Crippen molar-refractivity contribution in [3.05, 3.63) is 28.8 Å². The zero-order chi connectivity index (χ0) is 23.0. The quantitative estimate of drug-likeness (QED) is 0.531. The first kappa shape index (κ1) is 22.8. The van der Waals surface area contributed by atoms with Crippen molar-refractivity contribution in [2.45, 2.75) is 63.8 Å². The van der Waals surface area contributed by atoms with Gasteiger partial charge in [-0.3, -0.25) is 4.79 Å². The molecule has 174 valence electrons. The Balaban J connectivity index is 1.82. The van der Waals surface area contributed by atoms with E-state index in [2.05, 4.69) is 11.8 Å². The second kappa shape index (κ2) is 8.89. The number of carbonyl (C=O) groups excluding carboxylic acids is 2. The fourth-order valence-corrected chi connectivity index (χ4v) is 6.16. The molecule has 1 aromatic carbocycles. The molecule has 0 aromatic heterocycles. The number of phenols is 1. The highest BCUT2D eigenvalue weighted by Gasteiger charge is 2.53. The average molecular weight is 442 g/mol. The summed E-state index contributed by atoms with van der Waals surface area (Å²) in [4.78, 5) is 27.1. The van der Waals surface area contributed by atoms with Crippen LogP contribution < -0.4 is 4.74 Å². The summed E-state index contributed by atoms with van der Waals surface area (Å²) in [5, 5.41) is 11.3. The summed E-state index contributed by atoms with van der Waals surface area (Å²) in [5.41, 5.74) is 2.08. The third-order valence-corrected chi connectivity index (χ3v) is 8.03. The number of ether oxygens (including phenoxy) is 2. The zero-order valence-corrected chi connectivity index (χ0v) is 19.6. The van der Waals surface area contributed by atoms with Gasteiger partial charge in [0.15, 0.2) is 11.5 Å². The Labute approximate surface area is 190 Å². The smallest absolute Gasteiger partial charge is 0.330 e. The number of hydrogen-bond acceptors (Lipinski definition) is 6. The number of carbonyl (C=O) groups is 2. The van der Waals surface area contributed by atoms with Crippen LogP contribution >= 0.6 is 0 Å². The van der Waals surface area contributed by atoms with Crippen LogP contribution in [0.15, 0.2) is 12.1 Å². The first-order valence-electron chi connectivity index (χ1n) is 11.7. The topological polar surface area (TPSA) is 76.1 Å². The van der Waals surface area contributed by atoms with E-state index in [4.69, 9.17) is 9.47 Å². The van der Waals surface area contributed by atoms with Crippen molar-refractivity contribution in [1.29, 1.82) is 0 Å². The Morgan fingerprint density at radius 2 is 2.06 bits per heavy atom. The number of benzene rings is 1. The first-order chi connectivity index (χ1) is 15.3. The molecule has 0 bridgehead atoms. The minimum atomic E-state index is -0.441. The molecule has 1 saturated heterocycles. The van der Waals surface area contributed by atoms with Gasteiger partial charge in [0.05, 0.1) is 14.2 Å². The Morgan fingerprint density at radius 3 is 2.72 bits per heavy atom. The minimum Gasteiger partial charge on any atom is -0.504 e. The number of likely N-dealkylation sites (tertiary alicyclic amines) is 1. The number of piperidine rings is 1. The van der Waals surface area contributed by atoms with Gasteiger partial charge < -0.3 is 19.5 Å². The number of fused-ring (bicyclic) bond motifs is 1. The predicted molar refractivity (Wildman–Crippen MR) is 123 cm³/mol. The van der Waals surface area contributed by atoms with Gasteiger partial charge in [-0.25, -0.2) is 4.79 Å². The number of Topliss-reactive ketones (excluding diaryl/α,β-unsaturated/α-hetero) is 1. The molecule has 1 heterocycles. The lowest BCUT2D eigenvalue weighted by Crippen LogP contribution is -2.58. The Hall–Kier alpha value is -2.34. The van der Waals surface area contributed by atoms with Gasteiger partial charge in [-0.2, -0.15) is 0 Å². The summed E-state index contributed by atoms with van der Waals surface area (Å²) < 4.78 is 10.3. The number of methoxy groups -OCH3 is 2. The first-order valence-corrected chi connectivity index (χ1v) is 11.7. The van der Waals surface area contributed by atoms with Crippen molar-refractivity contribution in [1.82, 2.24) is 4.90 Å². The highest BCUT2D eigenvalue weighted by Crippen LogP contribution is 2.56. The highest BCUT2D eigenvalue weighted by atomic mass is 16.5. The largest absolute Gasteiger partial charge is 0.504 e. The van der Waals surface area contributed by atoms with Crippen LogP contribution in [0.2, 0.25) is 0 Å². The number of phenolic OH excluding ortho intramolecular Hbond substituents is 1. The minimum absolute atomic E-state index is 0.128. The van der Waals surface area contributed by atoms with Crippen molar-refractivity contribution >= 4 is 17.8 Å². The Kier molecular flexibility index (Phi) is 6.35. The van der Waals surface area contributed by atoms with E-state index in [1.54, 1.807) is 12.1 Å². The average Bonchev–Trinajstić information content (AvgIpc) is 3.59. The molecule has 3 atom stereocenters. The molecule has 2 saturated carbocycles. The highest BCUT2D eigenvalue weighted by molar-refractivity contribution is 5.88. The summed E-state index contributed by atoms with van der Waals surface area (Å²) in [6.07, 6.45) is 8.45. The normalized spacial score (nSPS) is 28.6. The van der Waals surface area contributed by atoms with Gasteiger partial charge in [0.1, 0.15) is 5.78 Å². The SMILES string of the molecule is COC(=O)/C=C/c1cc(OC)c(O)c([C@@]23CCN(CC4CC4)C(C)C2CCC(=O)C3)c1C. The van der Waals surface area contributed by atoms with Gasteiger partial charge in [-0.1, -0.05) is 0 Å². The maximum Gasteiger partial charge on any atom is 0.330 e. The van der Waals surface area contributed by atoms with E-state index in [-0.39, 0.29) is 17.5 Å². The molecule has 32 heavy (non-hydrogen) atoms. The molecule has 3 aliphatic rings. The van der Waals surface area contributed by atoms with Crippen molar-refractivity contribution < 1.29 is 24.2 Å². The molecule has 0 spiro atoms. The van der Waals surface area contributed by atoms with Crippen LogP contribution in [0.1, 0.15) is 62.1 Å². The van der Waals surface area contributed by atoms with Gasteiger partial charge in [0, 0.05) is 42.5 Å². The number of hydrogen-bond donors (Lipinski definition) is 1. The third-order valence-electron chi connectivity index (χ3n) is 8.03. The summed E-state index contributed by atoms with van der Waals surface area (Å²) >= 11 is 0. The second-order valence-electron chi connectivity index (χ2n) is 9.82. The number of rotatable bonds is 6. The molecule has 4 rings (SSSR count). The van der Waals surface area contributed by atoms with Crippen LogP contribution in [0.5, 0.6) is 11.5 Å². The lowest BCUT2D eigenvalue weighted by atomic mass is 9.55. The maximum absolute atomic E-state index is 12.8. The summed E-state index contributed by atoms with van der Waals surface area (Å²) in [6.45, 7) is 6.32. The molecule has 6 nitrogen and oxygen atoms in total. The zero-order valence-electron chi connectivity index (χ0n) is 19.6. The predicted octanol–water partition coefficient (Wildman–Crippen LogP) is 4.01. The maximum atomic E-state index is 12.8. The summed E-state index contributed by atoms with van der Waals surface area (Å²) in [6, 6.07) is 2.09. The molecule has 1 aromatic rings.